The quantitative estimate of drug-likeness (QED) is 0.429. The number of rotatable bonds is 0. The summed E-state index contributed by atoms with van der Waals surface area (Å²) in [6, 6.07) is 0. The molecule has 0 aromatic rings. The van der Waals surface area contributed by atoms with Crippen LogP contribution in [0.2, 0.25) is 0 Å². The number of nitriles is 4. The van der Waals surface area contributed by atoms with Crippen LogP contribution in [0.3, 0.4) is 0 Å². The summed E-state index contributed by atoms with van der Waals surface area (Å²) in [5, 5.41) is 37.9. The van der Waals surface area contributed by atoms with Gasteiger partial charge in [0.25, 0.3) is 0 Å². The average molecular weight is 248 g/mol. The second kappa shape index (κ2) is 6.00. The van der Waals surface area contributed by atoms with Gasteiger partial charge in [-0.2, -0.15) is 0 Å². The number of nitrogens with zero attached hydrogens (tertiary/aromatic N) is 4. The fourth-order valence-corrected chi connectivity index (χ4v) is 0.391. The maximum absolute atomic E-state index is 8.10. The summed E-state index contributed by atoms with van der Waals surface area (Å²) >= 11 is -3.03. The third-order valence-corrected chi connectivity index (χ3v) is 1.75. The zero-order chi connectivity index (χ0) is 7.33. The van der Waals surface area contributed by atoms with Crippen molar-refractivity contribution in [2.75, 3.05) is 0 Å². The zero-order valence-corrected chi connectivity index (χ0v) is 11.0. The van der Waals surface area contributed by atoms with E-state index in [4.69, 9.17) is 21.0 Å². The molecule has 4 nitrogen and oxygen atoms in total. The van der Waals surface area contributed by atoms with Crippen LogP contribution in [-0.2, 0) is 12.4 Å². The summed E-state index contributed by atoms with van der Waals surface area (Å²) in [5.41, 5.74) is 0. The van der Waals surface area contributed by atoms with Gasteiger partial charge in [-0.05, 0) is 0 Å². The van der Waals surface area contributed by atoms with Crippen LogP contribution in [0, 0.1) is 41.2 Å². The molecule has 0 aliphatic rings. The fraction of sp³-hybridized carbons (Fsp3) is 0. The van der Waals surface area contributed by atoms with E-state index in [2.05, 4.69) is 0 Å². The standard InChI is InChI=1S/4CN.Ni.Rb/c4*1-2;;/q;;;;-1;+1. The Bertz CT molecular complexity index is 210. The first kappa shape index (κ1) is 12.9. The van der Waals surface area contributed by atoms with E-state index >= 15 is 0 Å². The second-order valence-electron chi connectivity index (χ2n) is 0.757. The van der Waals surface area contributed by atoms with E-state index in [-0.39, 0.29) is 58.2 Å². The van der Waals surface area contributed by atoms with Crippen molar-refractivity contribution in [2.24, 2.45) is 0 Å². The molecule has 0 radical (unpaired) electrons. The summed E-state index contributed by atoms with van der Waals surface area (Å²) in [6.07, 6.45) is 0. The second-order valence-corrected chi connectivity index (χ2v) is 3.12. The van der Waals surface area contributed by atoms with Gasteiger partial charge in [0.05, 0.1) is 0 Å². The Hall–Kier alpha value is 0.259. The number of hydrogen-bond acceptors (Lipinski definition) is 4. The molecule has 0 N–H and O–H groups in total. The van der Waals surface area contributed by atoms with E-state index in [0.717, 1.165) is 0 Å². The molecule has 0 unspecified atom stereocenters. The first-order chi connectivity index (χ1) is 4.24. The van der Waals surface area contributed by atoms with E-state index in [0.29, 0.717) is 0 Å². The molecule has 0 bridgehead atoms. The van der Waals surface area contributed by atoms with E-state index in [1.165, 1.54) is 20.2 Å². The molecule has 0 rings (SSSR count). The van der Waals surface area contributed by atoms with Crippen LogP contribution in [0.15, 0.2) is 0 Å². The summed E-state index contributed by atoms with van der Waals surface area (Å²) < 4.78 is 0. The molecule has 0 aromatic carbocycles. The van der Waals surface area contributed by atoms with Crippen molar-refractivity contribution < 1.29 is 70.6 Å². The van der Waals surface area contributed by atoms with Gasteiger partial charge in [-0.15, -0.1) is 0 Å². The van der Waals surface area contributed by atoms with Crippen LogP contribution in [-0.4, -0.2) is 0 Å². The van der Waals surface area contributed by atoms with E-state index < -0.39 is 12.4 Å². The fourth-order valence-electron chi connectivity index (χ4n) is 0.0949. The Morgan fingerprint density at radius 2 is 0.900 bits per heavy atom. The molecular formula is C4N4NiRb. The molecule has 47 valence electrons. The van der Waals surface area contributed by atoms with Gasteiger partial charge in [-0.25, -0.2) is 0 Å². The van der Waals surface area contributed by atoms with Crippen LogP contribution in [0.4, 0.5) is 0 Å². The zero-order valence-electron chi connectivity index (χ0n) is 5.11. The van der Waals surface area contributed by atoms with Gasteiger partial charge >= 0.3 is 112 Å². The van der Waals surface area contributed by atoms with Crippen molar-refractivity contribution in [3.63, 3.8) is 0 Å². The topological polar surface area (TPSA) is 95.2 Å². The van der Waals surface area contributed by atoms with Crippen molar-refractivity contribution >= 4 is 0 Å². The normalized spacial score (nSPS) is 8.40. The predicted octanol–water partition coefficient (Wildman–Crippen LogP) is -2.93. The molecule has 0 spiro atoms. The molecular weight excluding hydrogens is 248 g/mol. The molecule has 0 aliphatic heterocycles. The molecule has 0 fully saturated rings. The minimum Gasteiger partial charge on any atom is 1.00 e. The first-order valence-corrected chi connectivity index (χ1v) is 3.50. The Balaban J connectivity index is 0. The molecule has 0 saturated heterocycles. The summed E-state index contributed by atoms with van der Waals surface area (Å²) in [7, 11) is 0. The SMILES string of the molecule is N#[C][Ni-]([C]#N)([C]#N)[C]#N.[Rb+]. The summed E-state index contributed by atoms with van der Waals surface area (Å²) in [5.74, 6) is 0. The monoisotopic (exact) mass is 247 g/mol. The molecule has 0 aromatic heterocycles. The van der Waals surface area contributed by atoms with Gasteiger partial charge < -0.3 is 0 Å². The van der Waals surface area contributed by atoms with Gasteiger partial charge in [-0.1, -0.05) is 0 Å². The minimum absolute atomic E-state index is 0. The van der Waals surface area contributed by atoms with Gasteiger partial charge in [0.1, 0.15) is 0 Å². The van der Waals surface area contributed by atoms with E-state index in [1.54, 1.807) is 0 Å². The molecule has 0 amide bonds. The Morgan fingerprint density at radius 1 is 0.700 bits per heavy atom. The summed E-state index contributed by atoms with van der Waals surface area (Å²) in [6.45, 7) is 0. The molecule has 0 saturated carbocycles. The molecule has 0 atom stereocenters. The van der Waals surface area contributed by atoms with Crippen LogP contribution in [0.5, 0.6) is 0 Å². The van der Waals surface area contributed by atoms with Crippen molar-refractivity contribution in [1.82, 2.24) is 0 Å². The summed E-state index contributed by atoms with van der Waals surface area (Å²) in [4.78, 5) is 0. The van der Waals surface area contributed by atoms with E-state index in [9.17, 15) is 0 Å². The van der Waals surface area contributed by atoms with Crippen LogP contribution < -0.4 is 58.2 Å². The van der Waals surface area contributed by atoms with Crippen LogP contribution >= 0.6 is 0 Å². The third kappa shape index (κ3) is 2.90. The molecule has 0 aliphatic carbocycles. The Kier molecular flexibility index (Phi) is 7.74. The van der Waals surface area contributed by atoms with E-state index in [1.807, 2.05) is 0 Å². The largest absolute Gasteiger partial charge is 1.00 e. The smallest absolute Gasteiger partial charge is 1.00 e. The van der Waals surface area contributed by atoms with Crippen LogP contribution in [0.25, 0.3) is 0 Å². The van der Waals surface area contributed by atoms with Gasteiger partial charge in [0, 0.05) is 0 Å². The molecule has 10 heavy (non-hydrogen) atoms. The average Bonchev–Trinajstić information content (AvgIpc) is 1.95. The number of hydrogen-bond donors (Lipinski definition) is 0. The maximum atomic E-state index is 8.10. The molecule has 6 heteroatoms. The van der Waals surface area contributed by atoms with Crippen molar-refractivity contribution in [3.8, 4) is 20.2 Å². The van der Waals surface area contributed by atoms with Crippen molar-refractivity contribution in [3.05, 3.63) is 0 Å². The maximum Gasteiger partial charge on any atom is 1.00 e. The first-order valence-electron chi connectivity index (χ1n) is 1.53. The van der Waals surface area contributed by atoms with Gasteiger partial charge in [-0.3, -0.25) is 0 Å². The van der Waals surface area contributed by atoms with Crippen molar-refractivity contribution in [2.45, 2.75) is 0 Å². The molecule has 0 heterocycles. The van der Waals surface area contributed by atoms with Crippen LogP contribution in [0.1, 0.15) is 0 Å². The van der Waals surface area contributed by atoms with Crippen molar-refractivity contribution in [1.29, 1.82) is 21.0 Å². The van der Waals surface area contributed by atoms with Gasteiger partial charge in [0.2, 0.25) is 0 Å². The third-order valence-electron chi connectivity index (χ3n) is 0.424. The Morgan fingerprint density at radius 3 is 0.900 bits per heavy atom. The van der Waals surface area contributed by atoms with Gasteiger partial charge in [0.15, 0.2) is 0 Å². The Labute approximate surface area is 110 Å². The minimum atomic E-state index is -3.03. The predicted molar refractivity (Wildman–Crippen MR) is 22.5 cm³/mol.